The summed E-state index contributed by atoms with van der Waals surface area (Å²) in [6.45, 7) is 8.06. The first kappa shape index (κ1) is 15.8. The third kappa shape index (κ3) is 4.19. The minimum Gasteiger partial charge on any atom is -0.337 e. The Labute approximate surface area is 127 Å². The van der Waals surface area contributed by atoms with Gasteiger partial charge in [0.25, 0.3) is 0 Å². The lowest BCUT2D eigenvalue weighted by molar-refractivity contribution is -0.138. The standard InChI is InChI=1S/C17H27N3O/c1-14(2)6-5-8-17(3)9-7-16(21)20(13-17)12-15-18-10-11-19(15)4/h6,10-11H,5,7-9,12-13H2,1-4H3/t17-/m0/s1. The van der Waals surface area contributed by atoms with Crippen LogP contribution >= 0.6 is 0 Å². The normalized spacial score (nSPS) is 22.5. The van der Waals surface area contributed by atoms with Gasteiger partial charge in [-0.25, -0.2) is 4.98 Å². The highest BCUT2D eigenvalue weighted by Gasteiger charge is 2.34. The molecule has 4 heteroatoms. The lowest BCUT2D eigenvalue weighted by atomic mass is 9.77. The largest absolute Gasteiger partial charge is 0.337 e. The molecule has 0 unspecified atom stereocenters. The summed E-state index contributed by atoms with van der Waals surface area (Å²) in [4.78, 5) is 18.5. The second-order valence-electron chi connectivity index (χ2n) is 6.83. The van der Waals surface area contributed by atoms with Gasteiger partial charge in [-0.3, -0.25) is 4.79 Å². The van der Waals surface area contributed by atoms with Crippen molar-refractivity contribution < 1.29 is 4.79 Å². The van der Waals surface area contributed by atoms with Gasteiger partial charge in [-0.05, 0) is 38.5 Å². The minimum atomic E-state index is 0.227. The Morgan fingerprint density at radius 1 is 1.48 bits per heavy atom. The van der Waals surface area contributed by atoms with E-state index in [-0.39, 0.29) is 11.3 Å². The maximum atomic E-state index is 12.2. The van der Waals surface area contributed by atoms with Crippen molar-refractivity contribution in [2.45, 2.75) is 53.0 Å². The van der Waals surface area contributed by atoms with E-state index in [0.29, 0.717) is 13.0 Å². The van der Waals surface area contributed by atoms with Crippen LogP contribution in [0.25, 0.3) is 0 Å². The van der Waals surface area contributed by atoms with Crippen LogP contribution in [0.1, 0.15) is 52.3 Å². The van der Waals surface area contributed by atoms with Crippen LogP contribution in [0, 0.1) is 5.41 Å². The van der Waals surface area contributed by atoms with Crippen LogP contribution < -0.4 is 0 Å². The van der Waals surface area contributed by atoms with Crippen LogP contribution in [0.3, 0.4) is 0 Å². The molecule has 1 amide bonds. The fourth-order valence-corrected chi connectivity index (χ4v) is 2.97. The average molecular weight is 289 g/mol. The molecule has 1 saturated heterocycles. The third-order valence-electron chi connectivity index (χ3n) is 4.42. The van der Waals surface area contributed by atoms with Crippen molar-refractivity contribution in [1.29, 1.82) is 0 Å². The summed E-state index contributed by atoms with van der Waals surface area (Å²) in [5.74, 6) is 1.22. The summed E-state index contributed by atoms with van der Waals surface area (Å²) in [6, 6.07) is 0. The zero-order chi connectivity index (χ0) is 15.5. The number of carbonyl (C=O) groups is 1. The third-order valence-corrected chi connectivity index (χ3v) is 4.42. The van der Waals surface area contributed by atoms with Gasteiger partial charge < -0.3 is 9.47 Å². The predicted molar refractivity (Wildman–Crippen MR) is 84.6 cm³/mol. The van der Waals surface area contributed by atoms with Gasteiger partial charge in [0, 0.05) is 32.4 Å². The zero-order valence-corrected chi connectivity index (χ0v) is 13.7. The summed E-state index contributed by atoms with van der Waals surface area (Å²) in [5.41, 5.74) is 1.60. The molecular formula is C17H27N3O. The highest BCUT2D eigenvalue weighted by Crippen LogP contribution is 2.35. The van der Waals surface area contributed by atoms with E-state index in [0.717, 1.165) is 31.6 Å². The zero-order valence-electron chi connectivity index (χ0n) is 13.7. The Kier molecular flexibility index (Phi) is 4.86. The first-order valence-electron chi connectivity index (χ1n) is 7.77. The van der Waals surface area contributed by atoms with Crippen LogP contribution in [0.15, 0.2) is 24.0 Å². The van der Waals surface area contributed by atoms with Crippen molar-refractivity contribution in [3.8, 4) is 0 Å². The highest BCUT2D eigenvalue weighted by atomic mass is 16.2. The van der Waals surface area contributed by atoms with Crippen LogP contribution in [-0.2, 0) is 18.4 Å². The molecule has 4 nitrogen and oxygen atoms in total. The smallest absolute Gasteiger partial charge is 0.223 e. The lowest BCUT2D eigenvalue weighted by Gasteiger charge is -2.40. The second kappa shape index (κ2) is 6.46. The maximum Gasteiger partial charge on any atom is 0.223 e. The average Bonchev–Trinajstić information content (AvgIpc) is 2.79. The van der Waals surface area contributed by atoms with E-state index in [1.807, 2.05) is 22.7 Å². The fraction of sp³-hybridized carbons (Fsp3) is 0.647. The first-order chi connectivity index (χ1) is 9.89. The lowest BCUT2D eigenvalue weighted by Crippen LogP contribution is -2.45. The molecule has 0 aromatic carbocycles. The molecule has 116 valence electrons. The van der Waals surface area contributed by atoms with Crippen LogP contribution in [0.2, 0.25) is 0 Å². The number of hydrogen-bond acceptors (Lipinski definition) is 2. The number of aromatic nitrogens is 2. The Morgan fingerprint density at radius 2 is 2.24 bits per heavy atom. The van der Waals surface area contributed by atoms with Crippen molar-refractivity contribution in [1.82, 2.24) is 14.5 Å². The molecular weight excluding hydrogens is 262 g/mol. The number of allylic oxidation sites excluding steroid dienone is 2. The Balaban J connectivity index is 2.00. The van der Waals surface area contributed by atoms with Gasteiger partial charge in [-0.1, -0.05) is 18.6 Å². The number of carbonyl (C=O) groups excluding carboxylic acids is 1. The van der Waals surface area contributed by atoms with Gasteiger partial charge in [0.2, 0.25) is 5.91 Å². The molecule has 1 aliphatic rings. The van der Waals surface area contributed by atoms with Crippen LogP contribution in [-0.4, -0.2) is 26.9 Å². The number of hydrogen-bond donors (Lipinski definition) is 0. The van der Waals surface area contributed by atoms with Crippen LogP contribution in [0.5, 0.6) is 0 Å². The van der Waals surface area contributed by atoms with E-state index >= 15 is 0 Å². The van der Waals surface area contributed by atoms with Crippen molar-refractivity contribution in [3.05, 3.63) is 29.9 Å². The number of rotatable bonds is 5. The van der Waals surface area contributed by atoms with E-state index < -0.39 is 0 Å². The van der Waals surface area contributed by atoms with E-state index in [9.17, 15) is 4.79 Å². The molecule has 1 atom stereocenters. The van der Waals surface area contributed by atoms with E-state index in [1.165, 1.54) is 5.57 Å². The second-order valence-corrected chi connectivity index (χ2v) is 6.83. The van der Waals surface area contributed by atoms with E-state index in [4.69, 9.17) is 0 Å². The quantitative estimate of drug-likeness (QED) is 0.780. The van der Waals surface area contributed by atoms with E-state index in [1.54, 1.807) is 6.20 Å². The highest BCUT2D eigenvalue weighted by molar-refractivity contribution is 5.77. The molecule has 0 saturated carbocycles. The molecule has 1 aromatic heterocycles. The Morgan fingerprint density at radius 3 is 2.86 bits per heavy atom. The van der Waals surface area contributed by atoms with Crippen LogP contribution in [0.4, 0.5) is 0 Å². The monoisotopic (exact) mass is 289 g/mol. The van der Waals surface area contributed by atoms with Crippen molar-refractivity contribution >= 4 is 5.91 Å². The number of imidazole rings is 1. The first-order valence-corrected chi connectivity index (χ1v) is 7.77. The Hall–Kier alpha value is -1.58. The Bertz CT molecular complexity index is 528. The van der Waals surface area contributed by atoms with Gasteiger partial charge in [0.1, 0.15) is 5.82 Å². The molecule has 1 aromatic rings. The predicted octanol–water partition coefficient (Wildman–Crippen LogP) is 3.30. The number of amides is 1. The molecule has 0 bridgehead atoms. The van der Waals surface area contributed by atoms with Gasteiger partial charge >= 0.3 is 0 Å². The summed E-state index contributed by atoms with van der Waals surface area (Å²) in [7, 11) is 1.98. The van der Waals surface area contributed by atoms with Crippen molar-refractivity contribution in [3.63, 3.8) is 0 Å². The minimum absolute atomic E-state index is 0.227. The number of piperidine rings is 1. The number of nitrogens with zero attached hydrogens (tertiary/aromatic N) is 3. The molecule has 2 rings (SSSR count). The van der Waals surface area contributed by atoms with E-state index in [2.05, 4.69) is 31.8 Å². The van der Waals surface area contributed by atoms with Gasteiger partial charge in [-0.15, -0.1) is 0 Å². The summed E-state index contributed by atoms with van der Waals surface area (Å²) in [5, 5.41) is 0. The molecule has 1 fully saturated rings. The van der Waals surface area contributed by atoms with Gasteiger partial charge in [0.05, 0.1) is 6.54 Å². The summed E-state index contributed by atoms with van der Waals surface area (Å²) in [6.07, 6.45) is 9.92. The molecule has 0 spiro atoms. The molecule has 2 heterocycles. The summed E-state index contributed by atoms with van der Waals surface area (Å²) < 4.78 is 1.99. The fourth-order valence-electron chi connectivity index (χ4n) is 2.97. The molecule has 0 aliphatic carbocycles. The maximum absolute atomic E-state index is 12.2. The SMILES string of the molecule is CC(C)=CCC[C@@]1(C)CCC(=O)N(Cc2nccn2C)C1. The number of aryl methyl sites for hydroxylation is 1. The summed E-state index contributed by atoms with van der Waals surface area (Å²) >= 11 is 0. The molecule has 1 aliphatic heterocycles. The molecule has 21 heavy (non-hydrogen) atoms. The topological polar surface area (TPSA) is 38.1 Å². The number of likely N-dealkylation sites (tertiary alicyclic amines) is 1. The van der Waals surface area contributed by atoms with Gasteiger partial charge in [-0.2, -0.15) is 0 Å². The molecule has 0 N–H and O–H groups in total. The van der Waals surface area contributed by atoms with Crippen molar-refractivity contribution in [2.75, 3.05) is 6.54 Å². The molecule has 0 radical (unpaired) electrons. The van der Waals surface area contributed by atoms with Crippen molar-refractivity contribution in [2.24, 2.45) is 12.5 Å². The van der Waals surface area contributed by atoms with Gasteiger partial charge in [0.15, 0.2) is 0 Å².